The molecule has 1 saturated carbocycles. The Bertz CT molecular complexity index is 185. The highest BCUT2D eigenvalue weighted by molar-refractivity contribution is 5.83. The van der Waals surface area contributed by atoms with Crippen LogP contribution in [0.5, 0.6) is 0 Å². The van der Waals surface area contributed by atoms with E-state index in [1.165, 1.54) is 32.4 Å². The van der Waals surface area contributed by atoms with Gasteiger partial charge in [0.05, 0.1) is 0 Å². The van der Waals surface area contributed by atoms with Crippen molar-refractivity contribution >= 4 is 5.78 Å². The first-order valence-electron chi connectivity index (χ1n) is 5.61. The molecule has 0 radical (unpaired) electrons. The van der Waals surface area contributed by atoms with Gasteiger partial charge in [0, 0.05) is 18.9 Å². The van der Waals surface area contributed by atoms with Crippen LogP contribution in [0.15, 0.2) is 0 Å². The molecule has 1 saturated heterocycles. The topological polar surface area (TPSA) is 20.3 Å². The smallest absolute Gasteiger partial charge is 0.137 e. The average Bonchev–Trinajstić information content (AvgIpc) is 2.54. The van der Waals surface area contributed by atoms with Crippen molar-refractivity contribution in [3.05, 3.63) is 0 Å². The predicted octanol–water partition coefficient (Wildman–Crippen LogP) is 1.84. The van der Waals surface area contributed by atoms with Crippen LogP contribution in [-0.2, 0) is 4.79 Å². The van der Waals surface area contributed by atoms with Crippen LogP contribution >= 0.6 is 0 Å². The SMILES string of the molecule is O=C1CCC[C@@H]1CN1CCCCC1. The molecule has 2 heteroatoms. The van der Waals surface area contributed by atoms with Crippen LogP contribution in [0.2, 0.25) is 0 Å². The van der Waals surface area contributed by atoms with E-state index in [9.17, 15) is 4.79 Å². The van der Waals surface area contributed by atoms with Gasteiger partial charge >= 0.3 is 0 Å². The summed E-state index contributed by atoms with van der Waals surface area (Å²) >= 11 is 0. The molecule has 0 spiro atoms. The molecule has 2 aliphatic rings. The number of ketones is 1. The molecule has 0 aromatic heterocycles. The second-order valence-corrected chi connectivity index (χ2v) is 4.42. The minimum atomic E-state index is 0.387. The van der Waals surface area contributed by atoms with E-state index in [-0.39, 0.29) is 0 Å². The van der Waals surface area contributed by atoms with E-state index in [1.807, 2.05) is 0 Å². The van der Waals surface area contributed by atoms with Crippen LogP contribution in [0.4, 0.5) is 0 Å². The van der Waals surface area contributed by atoms with Gasteiger partial charge in [-0.3, -0.25) is 4.79 Å². The Balaban J connectivity index is 1.79. The van der Waals surface area contributed by atoms with Crippen molar-refractivity contribution in [2.75, 3.05) is 19.6 Å². The lowest BCUT2D eigenvalue weighted by molar-refractivity contribution is -0.121. The Kier molecular flexibility index (Phi) is 2.99. The number of hydrogen-bond acceptors (Lipinski definition) is 2. The van der Waals surface area contributed by atoms with E-state index in [2.05, 4.69) is 4.90 Å². The third-order valence-corrected chi connectivity index (χ3v) is 3.36. The summed E-state index contributed by atoms with van der Waals surface area (Å²) in [6.07, 6.45) is 7.18. The van der Waals surface area contributed by atoms with E-state index in [4.69, 9.17) is 0 Å². The molecule has 74 valence electrons. The number of carbonyl (C=O) groups excluding carboxylic acids is 1. The molecule has 0 amide bonds. The number of hydrogen-bond donors (Lipinski definition) is 0. The second kappa shape index (κ2) is 4.23. The van der Waals surface area contributed by atoms with Gasteiger partial charge in [0.2, 0.25) is 0 Å². The summed E-state index contributed by atoms with van der Waals surface area (Å²) in [5.74, 6) is 0.906. The van der Waals surface area contributed by atoms with Crippen molar-refractivity contribution in [2.45, 2.75) is 38.5 Å². The summed E-state index contributed by atoms with van der Waals surface area (Å²) < 4.78 is 0. The van der Waals surface area contributed by atoms with Gasteiger partial charge in [0.1, 0.15) is 5.78 Å². The van der Waals surface area contributed by atoms with Crippen LogP contribution in [0.25, 0.3) is 0 Å². The fourth-order valence-corrected chi connectivity index (χ4v) is 2.53. The molecule has 0 aromatic carbocycles. The van der Waals surface area contributed by atoms with E-state index >= 15 is 0 Å². The maximum absolute atomic E-state index is 11.4. The number of likely N-dealkylation sites (tertiary alicyclic amines) is 1. The summed E-state index contributed by atoms with van der Waals surface area (Å²) in [6.45, 7) is 3.51. The fraction of sp³-hybridized carbons (Fsp3) is 0.909. The number of carbonyl (C=O) groups is 1. The van der Waals surface area contributed by atoms with Crippen molar-refractivity contribution in [3.8, 4) is 0 Å². The quantitative estimate of drug-likeness (QED) is 0.648. The van der Waals surface area contributed by atoms with E-state index in [1.54, 1.807) is 0 Å². The Morgan fingerprint density at radius 3 is 2.54 bits per heavy atom. The minimum Gasteiger partial charge on any atom is -0.303 e. The maximum atomic E-state index is 11.4. The molecule has 13 heavy (non-hydrogen) atoms. The van der Waals surface area contributed by atoms with Crippen molar-refractivity contribution < 1.29 is 4.79 Å². The number of rotatable bonds is 2. The predicted molar refractivity (Wildman–Crippen MR) is 52.6 cm³/mol. The van der Waals surface area contributed by atoms with Gasteiger partial charge in [-0.1, -0.05) is 6.42 Å². The molecule has 0 unspecified atom stereocenters. The zero-order valence-corrected chi connectivity index (χ0v) is 8.30. The number of nitrogens with zero attached hydrogens (tertiary/aromatic N) is 1. The lowest BCUT2D eigenvalue weighted by atomic mass is 10.0. The normalized spacial score (nSPS) is 31.1. The molecule has 1 aliphatic heterocycles. The van der Waals surface area contributed by atoms with E-state index in [0.29, 0.717) is 11.7 Å². The van der Waals surface area contributed by atoms with Gasteiger partial charge in [-0.2, -0.15) is 0 Å². The van der Waals surface area contributed by atoms with E-state index in [0.717, 1.165) is 25.8 Å². The first kappa shape index (κ1) is 9.20. The van der Waals surface area contributed by atoms with Gasteiger partial charge in [0.15, 0.2) is 0 Å². The number of Topliss-reactive ketones (excluding diaryl/α,β-unsaturated/α-hetero) is 1. The van der Waals surface area contributed by atoms with Crippen LogP contribution < -0.4 is 0 Å². The lowest BCUT2D eigenvalue weighted by Crippen LogP contribution is -2.35. The van der Waals surface area contributed by atoms with Gasteiger partial charge in [-0.25, -0.2) is 0 Å². The molecule has 2 nitrogen and oxygen atoms in total. The zero-order chi connectivity index (χ0) is 9.10. The highest BCUT2D eigenvalue weighted by atomic mass is 16.1. The summed E-state index contributed by atoms with van der Waals surface area (Å²) in [6, 6.07) is 0. The third kappa shape index (κ3) is 2.31. The Hall–Kier alpha value is -0.370. The van der Waals surface area contributed by atoms with Crippen molar-refractivity contribution in [3.63, 3.8) is 0 Å². The second-order valence-electron chi connectivity index (χ2n) is 4.42. The lowest BCUT2D eigenvalue weighted by Gasteiger charge is -2.28. The highest BCUT2D eigenvalue weighted by Crippen LogP contribution is 2.23. The molecule has 1 aliphatic carbocycles. The molecule has 2 rings (SSSR count). The Morgan fingerprint density at radius 2 is 1.92 bits per heavy atom. The number of piperidine rings is 1. The molecule has 2 fully saturated rings. The van der Waals surface area contributed by atoms with Gasteiger partial charge in [-0.15, -0.1) is 0 Å². The molecular formula is C11H19NO. The highest BCUT2D eigenvalue weighted by Gasteiger charge is 2.26. The third-order valence-electron chi connectivity index (χ3n) is 3.36. The summed E-state index contributed by atoms with van der Waals surface area (Å²) in [5, 5.41) is 0. The molecule has 1 atom stereocenters. The standard InChI is InChI=1S/C11H19NO/c13-11-6-4-5-10(11)9-12-7-2-1-3-8-12/h10H,1-9H2/t10-/m1/s1. The summed E-state index contributed by atoms with van der Waals surface area (Å²) in [5.41, 5.74) is 0. The zero-order valence-electron chi connectivity index (χ0n) is 8.30. The molecule has 1 heterocycles. The minimum absolute atomic E-state index is 0.387. The monoisotopic (exact) mass is 181 g/mol. The summed E-state index contributed by atoms with van der Waals surface area (Å²) in [4.78, 5) is 13.9. The fourth-order valence-electron chi connectivity index (χ4n) is 2.53. The molecule has 0 bridgehead atoms. The van der Waals surface area contributed by atoms with Gasteiger partial charge in [0.25, 0.3) is 0 Å². The van der Waals surface area contributed by atoms with Crippen molar-refractivity contribution in [2.24, 2.45) is 5.92 Å². The van der Waals surface area contributed by atoms with Gasteiger partial charge < -0.3 is 4.90 Å². The average molecular weight is 181 g/mol. The maximum Gasteiger partial charge on any atom is 0.137 e. The molecular weight excluding hydrogens is 162 g/mol. The van der Waals surface area contributed by atoms with Crippen LogP contribution in [-0.4, -0.2) is 30.3 Å². The van der Waals surface area contributed by atoms with Crippen LogP contribution in [0.1, 0.15) is 38.5 Å². The Labute approximate surface area is 80.3 Å². The van der Waals surface area contributed by atoms with Gasteiger partial charge in [-0.05, 0) is 38.8 Å². The van der Waals surface area contributed by atoms with Crippen molar-refractivity contribution in [1.82, 2.24) is 4.90 Å². The first-order valence-corrected chi connectivity index (χ1v) is 5.61. The van der Waals surface area contributed by atoms with Crippen LogP contribution in [0, 0.1) is 5.92 Å². The largest absolute Gasteiger partial charge is 0.303 e. The van der Waals surface area contributed by atoms with Crippen LogP contribution in [0.3, 0.4) is 0 Å². The van der Waals surface area contributed by atoms with Crippen molar-refractivity contribution in [1.29, 1.82) is 0 Å². The van der Waals surface area contributed by atoms with E-state index < -0.39 is 0 Å². The molecule has 0 N–H and O–H groups in total. The Morgan fingerprint density at radius 1 is 1.15 bits per heavy atom. The first-order chi connectivity index (χ1) is 6.36. The molecule has 0 aromatic rings. The summed E-state index contributed by atoms with van der Waals surface area (Å²) in [7, 11) is 0.